The quantitative estimate of drug-likeness (QED) is 0.370. The van der Waals surface area contributed by atoms with E-state index in [1.165, 1.54) is 12.3 Å². The topological polar surface area (TPSA) is 88.7 Å². The van der Waals surface area contributed by atoms with Gasteiger partial charge >= 0.3 is 5.97 Å². The highest BCUT2D eigenvalue weighted by molar-refractivity contribution is 6.31. The molecule has 0 spiro atoms. The Balaban J connectivity index is 1.36. The third-order valence-corrected chi connectivity index (χ3v) is 5.34. The summed E-state index contributed by atoms with van der Waals surface area (Å²) in [6.07, 6.45) is 4.08. The van der Waals surface area contributed by atoms with Gasteiger partial charge in [0.2, 0.25) is 5.78 Å². The Bertz CT molecular complexity index is 918. The van der Waals surface area contributed by atoms with Crippen molar-refractivity contribution < 1.29 is 23.9 Å². The summed E-state index contributed by atoms with van der Waals surface area (Å²) in [5, 5.41) is 0.672. The summed E-state index contributed by atoms with van der Waals surface area (Å²) in [6.45, 7) is 3.36. The molecule has 2 heterocycles. The number of carbonyl (C=O) groups excluding carboxylic acids is 3. The van der Waals surface area contributed by atoms with E-state index in [0.717, 1.165) is 31.5 Å². The molecule has 1 saturated heterocycles. The normalized spacial score (nSPS) is 13.3. The van der Waals surface area contributed by atoms with Crippen molar-refractivity contribution in [1.82, 2.24) is 9.88 Å². The molecular weight excluding hydrogens is 408 g/mol. The van der Waals surface area contributed by atoms with Gasteiger partial charge in [0.05, 0.1) is 6.61 Å². The van der Waals surface area contributed by atoms with Crippen LogP contribution in [0.15, 0.2) is 30.5 Å². The van der Waals surface area contributed by atoms with Gasteiger partial charge in [0.15, 0.2) is 6.61 Å². The average Bonchev–Trinajstić information content (AvgIpc) is 3.43. The number of H-pyrrole nitrogens is 1. The van der Waals surface area contributed by atoms with Crippen LogP contribution >= 0.6 is 11.6 Å². The molecule has 2 aromatic rings. The maximum Gasteiger partial charge on any atom is 0.306 e. The summed E-state index contributed by atoms with van der Waals surface area (Å²) in [5.74, 6) is -0.247. The maximum atomic E-state index is 12.3. The molecule has 0 atom stereocenters. The van der Waals surface area contributed by atoms with Gasteiger partial charge in [-0.3, -0.25) is 14.4 Å². The molecule has 1 aliphatic heterocycles. The third-order valence-electron chi connectivity index (χ3n) is 4.92. The van der Waals surface area contributed by atoms with Crippen LogP contribution in [0.3, 0.4) is 0 Å². The first-order valence-corrected chi connectivity index (χ1v) is 10.4. The number of aromatic amines is 1. The Labute approximate surface area is 180 Å². The van der Waals surface area contributed by atoms with Crippen LogP contribution in [0, 0.1) is 6.92 Å². The highest BCUT2D eigenvalue weighted by Gasteiger charge is 2.22. The second-order valence-electron chi connectivity index (χ2n) is 7.25. The highest BCUT2D eigenvalue weighted by atomic mass is 35.5. The van der Waals surface area contributed by atoms with E-state index in [0.29, 0.717) is 35.1 Å². The maximum absolute atomic E-state index is 12.3. The largest absolute Gasteiger partial charge is 0.494 e. The number of hydrogen-bond donors (Lipinski definition) is 1. The Kier molecular flexibility index (Phi) is 7.52. The molecule has 7 nitrogen and oxygen atoms in total. The van der Waals surface area contributed by atoms with Crippen molar-refractivity contribution in [1.29, 1.82) is 0 Å². The molecular formula is C22H25ClN2O5. The molecule has 1 amide bonds. The molecule has 0 radical (unpaired) electrons. The Hall–Kier alpha value is -2.80. The van der Waals surface area contributed by atoms with E-state index < -0.39 is 5.97 Å². The van der Waals surface area contributed by atoms with Gasteiger partial charge in [-0.2, -0.15) is 0 Å². The van der Waals surface area contributed by atoms with Crippen molar-refractivity contribution >= 4 is 29.3 Å². The number of amides is 1. The van der Waals surface area contributed by atoms with E-state index in [-0.39, 0.29) is 24.7 Å². The molecule has 1 N–H and O–H groups in total. The van der Waals surface area contributed by atoms with Crippen LogP contribution in [0.5, 0.6) is 5.75 Å². The number of rotatable bonds is 9. The number of carbonyl (C=O) groups is 3. The molecule has 1 aromatic carbocycles. The van der Waals surface area contributed by atoms with Crippen molar-refractivity contribution in [2.45, 2.75) is 32.6 Å². The minimum atomic E-state index is -0.469. The van der Waals surface area contributed by atoms with E-state index >= 15 is 0 Å². The van der Waals surface area contributed by atoms with Crippen LogP contribution in [0.4, 0.5) is 0 Å². The first-order chi connectivity index (χ1) is 14.4. The molecule has 0 bridgehead atoms. The lowest BCUT2D eigenvalue weighted by molar-refractivity contribution is -0.142. The monoisotopic (exact) mass is 432 g/mol. The van der Waals surface area contributed by atoms with E-state index in [1.807, 2.05) is 13.0 Å². The van der Waals surface area contributed by atoms with Crippen LogP contribution in [0.25, 0.3) is 0 Å². The second-order valence-corrected chi connectivity index (χ2v) is 7.66. The SMILES string of the molecule is Cc1cc(OCCCC(=O)OCC(=O)c2c[nH]c(C(=O)N3CCCC3)c2)ccc1Cl. The molecule has 0 aliphatic carbocycles. The minimum Gasteiger partial charge on any atom is -0.494 e. The predicted octanol–water partition coefficient (Wildman–Crippen LogP) is 3.80. The fourth-order valence-electron chi connectivity index (χ4n) is 3.18. The third kappa shape index (κ3) is 5.86. The molecule has 1 aromatic heterocycles. The summed E-state index contributed by atoms with van der Waals surface area (Å²) in [7, 11) is 0. The number of ether oxygens (including phenoxy) is 2. The number of ketones is 1. The van der Waals surface area contributed by atoms with Gasteiger partial charge in [0, 0.05) is 36.3 Å². The fraction of sp³-hybridized carbons (Fsp3) is 0.409. The summed E-state index contributed by atoms with van der Waals surface area (Å²) < 4.78 is 10.6. The van der Waals surface area contributed by atoms with Gasteiger partial charge < -0.3 is 19.4 Å². The lowest BCUT2D eigenvalue weighted by atomic mass is 10.2. The van der Waals surface area contributed by atoms with Crippen molar-refractivity contribution in [3.05, 3.63) is 52.3 Å². The number of aromatic nitrogens is 1. The van der Waals surface area contributed by atoms with Gasteiger partial charge in [0.1, 0.15) is 11.4 Å². The zero-order chi connectivity index (χ0) is 21.5. The summed E-state index contributed by atoms with van der Waals surface area (Å²) in [4.78, 5) is 41.0. The van der Waals surface area contributed by atoms with Crippen LogP contribution < -0.4 is 4.74 Å². The number of esters is 1. The number of benzene rings is 1. The number of aryl methyl sites for hydroxylation is 1. The first-order valence-electron chi connectivity index (χ1n) is 9.99. The molecule has 1 fully saturated rings. The van der Waals surface area contributed by atoms with Crippen molar-refractivity contribution in [2.75, 3.05) is 26.3 Å². The lowest BCUT2D eigenvalue weighted by Gasteiger charge is -2.13. The molecule has 30 heavy (non-hydrogen) atoms. The average molecular weight is 433 g/mol. The van der Waals surface area contributed by atoms with Gasteiger partial charge in [-0.1, -0.05) is 11.6 Å². The standard InChI is InChI=1S/C22H25ClN2O5/c1-15-11-17(6-7-18(15)23)29-10-4-5-21(27)30-14-20(26)16-12-19(24-13-16)22(28)25-8-2-3-9-25/h6-7,11-13,24H,2-5,8-10,14H2,1H3. The molecule has 0 saturated carbocycles. The number of halogens is 1. The molecule has 8 heteroatoms. The smallest absolute Gasteiger partial charge is 0.306 e. The van der Waals surface area contributed by atoms with Crippen LogP contribution in [0.1, 0.15) is 52.1 Å². The van der Waals surface area contributed by atoms with Gasteiger partial charge in [-0.25, -0.2) is 0 Å². The van der Waals surface area contributed by atoms with Crippen LogP contribution in [-0.2, 0) is 9.53 Å². The van der Waals surface area contributed by atoms with E-state index in [4.69, 9.17) is 21.1 Å². The second kappa shape index (κ2) is 10.3. The molecule has 3 rings (SSSR count). The van der Waals surface area contributed by atoms with E-state index in [2.05, 4.69) is 4.98 Å². The van der Waals surface area contributed by atoms with Gasteiger partial charge in [0.25, 0.3) is 5.91 Å². The van der Waals surface area contributed by atoms with Gasteiger partial charge in [-0.15, -0.1) is 0 Å². The van der Waals surface area contributed by atoms with E-state index in [9.17, 15) is 14.4 Å². The zero-order valence-electron chi connectivity index (χ0n) is 16.9. The number of nitrogens with one attached hydrogen (secondary N) is 1. The van der Waals surface area contributed by atoms with Gasteiger partial charge in [-0.05, 0) is 56.0 Å². The number of likely N-dealkylation sites (tertiary alicyclic amines) is 1. The summed E-state index contributed by atoms with van der Waals surface area (Å²) in [5.41, 5.74) is 1.62. The Morgan fingerprint density at radius 2 is 1.93 bits per heavy atom. The van der Waals surface area contributed by atoms with Crippen LogP contribution in [-0.4, -0.2) is 53.8 Å². The van der Waals surface area contributed by atoms with Crippen molar-refractivity contribution in [3.63, 3.8) is 0 Å². The molecule has 1 aliphatic rings. The molecule has 160 valence electrons. The summed E-state index contributed by atoms with van der Waals surface area (Å²) in [6, 6.07) is 6.88. The van der Waals surface area contributed by atoms with Crippen molar-refractivity contribution in [3.8, 4) is 5.75 Å². The van der Waals surface area contributed by atoms with Crippen LogP contribution in [0.2, 0.25) is 5.02 Å². The molecule has 0 unspecified atom stereocenters. The minimum absolute atomic E-state index is 0.112. The fourth-order valence-corrected chi connectivity index (χ4v) is 3.30. The predicted molar refractivity (Wildman–Crippen MR) is 112 cm³/mol. The lowest BCUT2D eigenvalue weighted by Crippen LogP contribution is -2.27. The van der Waals surface area contributed by atoms with Crippen molar-refractivity contribution in [2.24, 2.45) is 0 Å². The Morgan fingerprint density at radius 1 is 1.17 bits per heavy atom. The van der Waals surface area contributed by atoms with E-state index in [1.54, 1.807) is 17.0 Å². The number of hydrogen-bond acceptors (Lipinski definition) is 5. The number of Topliss-reactive ketones (excluding diaryl/α,β-unsaturated/α-hetero) is 1. The summed E-state index contributed by atoms with van der Waals surface area (Å²) >= 11 is 5.97. The zero-order valence-corrected chi connectivity index (χ0v) is 17.7. The highest BCUT2D eigenvalue weighted by Crippen LogP contribution is 2.21. The Morgan fingerprint density at radius 3 is 2.67 bits per heavy atom. The number of nitrogens with zero attached hydrogens (tertiary/aromatic N) is 1. The first kappa shape index (κ1) is 21.9.